The van der Waals surface area contributed by atoms with E-state index in [9.17, 15) is 9.18 Å². The van der Waals surface area contributed by atoms with Crippen molar-refractivity contribution in [3.8, 4) is 11.5 Å². The number of aromatic nitrogens is 2. The van der Waals surface area contributed by atoms with Gasteiger partial charge >= 0.3 is 0 Å². The lowest BCUT2D eigenvalue weighted by atomic mass is 10.3. The zero-order chi connectivity index (χ0) is 16.9. The molecule has 122 valence electrons. The highest BCUT2D eigenvalue weighted by Gasteiger charge is 2.07. The molecule has 0 bridgehead atoms. The maximum atomic E-state index is 12.9. The Kier molecular flexibility index (Phi) is 4.90. The third-order valence-electron chi connectivity index (χ3n) is 3.07. The molecule has 0 aliphatic heterocycles. The van der Waals surface area contributed by atoms with Crippen LogP contribution in [0.2, 0.25) is 0 Å². The highest BCUT2D eigenvalue weighted by molar-refractivity contribution is 9.10. The van der Waals surface area contributed by atoms with Crippen molar-refractivity contribution in [2.24, 2.45) is 0 Å². The Hall–Kier alpha value is -2.67. The molecule has 0 saturated heterocycles. The molecule has 0 aliphatic carbocycles. The minimum absolute atomic E-state index is 0.0549. The van der Waals surface area contributed by atoms with Gasteiger partial charge in [0.1, 0.15) is 18.1 Å². The number of carbonyl (C=O) groups excluding carboxylic acids is 1. The smallest absolute Gasteiger partial charge is 0.246 e. The number of benzene rings is 2. The summed E-state index contributed by atoms with van der Waals surface area (Å²) in [6, 6.07) is 13.0. The summed E-state index contributed by atoms with van der Waals surface area (Å²) in [5, 5.41) is 6.86. The van der Waals surface area contributed by atoms with Crippen LogP contribution >= 0.6 is 15.9 Å². The molecule has 1 amide bonds. The number of ether oxygens (including phenoxy) is 1. The maximum Gasteiger partial charge on any atom is 0.246 e. The van der Waals surface area contributed by atoms with Crippen molar-refractivity contribution in [3.05, 3.63) is 71.2 Å². The number of nitrogens with one attached hydrogen (secondary N) is 1. The van der Waals surface area contributed by atoms with E-state index in [1.807, 2.05) is 18.2 Å². The number of hydrogen-bond acceptors (Lipinski definition) is 3. The van der Waals surface area contributed by atoms with Gasteiger partial charge in [0.25, 0.3) is 0 Å². The standard InChI is InChI=1S/C17H13BrFN3O2/c18-12-2-1-3-14(8-12)21-17(23)11-22-10-16(9-20-22)24-15-6-4-13(19)5-7-15/h1-10H,11H2,(H,21,23). The van der Waals surface area contributed by atoms with Crippen LogP contribution in [0.25, 0.3) is 0 Å². The normalized spacial score (nSPS) is 10.4. The van der Waals surface area contributed by atoms with Crippen LogP contribution in [0.4, 0.5) is 10.1 Å². The predicted molar refractivity (Wildman–Crippen MR) is 91.5 cm³/mol. The van der Waals surface area contributed by atoms with Gasteiger partial charge in [0.2, 0.25) is 5.91 Å². The average molecular weight is 390 g/mol. The molecule has 0 radical (unpaired) electrons. The minimum Gasteiger partial charge on any atom is -0.454 e. The van der Waals surface area contributed by atoms with E-state index in [2.05, 4.69) is 26.3 Å². The van der Waals surface area contributed by atoms with E-state index in [1.165, 1.54) is 35.1 Å². The first kappa shape index (κ1) is 16.2. The van der Waals surface area contributed by atoms with Crippen molar-refractivity contribution in [3.63, 3.8) is 0 Å². The summed E-state index contributed by atoms with van der Waals surface area (Å²) in [5.41, 5.74) is 0.698. The first-order valence-corrected chi connectivity index (χ1v) is 7.89. The third-order valence-corrected chi connectivity index (χ3v) is 3.57. The van der Waals surface area contributed by atoms with Gasteiger partial charge in [-0.3, -0.25) is 9.48 Å². The number of amides is 1. The van der Waals surface area contributed by atoms with Gasteiger partial charge in [-0.2, -0.15) is 5.10 Å². The van der Waals surface area contributed by atoms with Crippen molar-refractivity contribution in [1.29, 1.82) is 0 Å². The quantitative estimate of drug-likeness (QED) is 0.710. The number of nitrogens with zero attached hydrogens (tertiary/aromatic N) is 2. The van der Waals surface area contributed by atoms with Crippen LogP contribution in [0, 0.1) is 5.82 Å². The lowest BCUT2D eigenvalue weighted by molar-refractivity contribution is -0.116. The Bertz CT molecular complexity index is 849. The highest BCUT2D eigenvalue weighted by Crippen LogP contribution is 2.21. The summed E-state index contributed by atoms with van der Waals surface area (Å²) >= 11 is 3.35. The predicted octanol–water partition coefficient (Wildman–Crippen LogP) is 4.22. The molecule has 2 aromatic carbocycles. The highest BCUT2D eigenvalue weighted by atomic mass is 79.9. The molecule has 0 atom stereocenters. The van der Waals surface area contributed by atoms with Crippen molar-refractivity contribution >= 4 is 27.5 Å². The molecule has 0 unspecified atom stereocenters. The van der Waals surface area contributed by atoms with Gasteiger partial charge in [-0.1, -0.05) is 22.0 Å². The maximum absolute atomic E-state index is 12.9. The van der Waals surface area contributed by atoms with Crippen molar-refractivity contribution in [2.75, 3.05) is 5.32 Å². The molecule has 3 rings (SSSR count). The average Bonchev–Trinajstić information content (AvgIpc) is 2.96. The second kappa shape index (κ2) is 7.27. The zero-order valence-corrected chi connectivity index (χ0v) is 14.0. The summed E-state index contributed by atoms with van der Waals surface area (Å²) in [7, 11) is 0. The van der Waals surface area contributed by atoms with E-state index < -0.39 is 0 Å². The summed E-state index contributed by atoms with van der Waals surface area (Å²) in [6.07, 6.45) is 3.10. The van der Waals surface area contributed by atoms with Crippen molar-refractivity contribution in [1.82, 2.24) is 9.78 Å². The molecule has 0 spiro atoms. The SMILES string of the molecule is O=C(Cn1cc(Oc2ccc(F)cc2)cn1)Nc1cccc(Br)c1. The Morgan fingerprint density at radius 3 is 2.75 bits per heavy atom. The van der Waals surface area contributed by atoms with Crippen LogP contribution in [-0.4, -0.2) is 15.7 Å². The number of carbonyl (C=O) groups is 1. The van der Waals surface area contributed by atoms with Crippen LogP contribution in [0.3, 0.4) is 0 Å². The first-order valence-electron chi connectivity index (χ1n) is 7.10. The molecule has 1 N–H and O–H groups in total. The number of anilines is 1. The lowest BCUT2D eigenvalue weighted by Gasteiger charge is -2.05. The number of hydrogen-bond donors (Lipinski definition) is 1. The zero-order valence-electron chi connectivity index (χ0n) is 12.4. The van der Waals surface area contributed by atoms with Crippen LogP contribution < -0.4 is 10.1 Å². The second-order valence-corrected chi connectivity index (χ2v) is 5.90. The largest absolute Gasteiger partial charge is 0.454 e. The Morgan fingerprint density at radius 1 is 1.21 bits per heavy atom. The Labute approximate surface area is 146 Å². The van der Waals surface area contributed by atoms with Gasteiger partial charge in [-0.15, -0.1) is 0 Å². The molecular weight excluding hydrogens is 377 g/mol. The molecule has 1 heterocycles. The summed E-state index contributed by atoms with van der Waals surface area (Å²) in [4.78, 5) is 12.0. The fraction of sp³-hybridized carbons (Fsp3) is 0.0588. The van der Waals surface area contributed by atoms with E-state index in [-0.39, 0.29) is 18.3 Å². The van der Waals surface area contributed by atoms with Gasteiger partial charge in [0.05, 0.1) is 12.4 Å². The number of halogens is 2. The van der Waals surface area contributed by atoms with Crippen LogP contribution in [0.5, 0.6) is 11.5 Å². The second-order valence-electron chi connectivity index (χ2n) is 4.99. The monoisotopic (exact) mass is 389 g/mol. The third kappa shape index (κ3) is 4.42. The van der Waals surface area contributed by atoms with Gasteiger partial charge in [0.15, 0.2) is 5.75 Å². The van der Waals surface area contributed by atoms with Gasteiger partial charge in [-0.25, -0.2) is 4.39 Å². The van der Waals surface area contributed by atoms with Crippen molar-refractivity contribution < 1.29 is 13.9 Å². The van der Waals surface area contributed by atoms with Gasteiger partial charge in [0, 0.05) is 10.2 Å². The van der Waals surface area contributed by atoms with E-state index in [0.29, 0.717) is 17.2 Å². The van der Waals surface area contributed by atoms with E-state index in [4.69, 9.17) is 4.74 Å². The van der Waals surface area contributed by atoms with Gasteiger partial charge in [-0.05, 0) is 42.5 Å². The van der Waals surface area contributed by atoms with E-state index in [1.54, 1.807) is 12.3 Å². The topological polar surface area (TPSA) is 56.2 Å². The van der Waals surface area contributed by atoms with Crippen LogP contribution in [0.1, 0.15) is 0 Å². The van der Waals surface area contributed by atoms with E-state index in [0.717, 1.165) is 4.47 Å². The summed E-state index contributed by atoms with van der Waals surface area (Å²) in [5.74, 6) is 0.429. The summed E-state index contributed by atoms with van der Waals surface area (Å²) < 4.78 is 20.7. The fourth-order valence-corrected chi connectivity index (χ4v) is 2.44. The van der Waals surface area contributed by atoms with Crippen LogP contribution in [0.15, 0.2) is 65.4 Å². The Balaban J connectivity index is 1.59. The molecule has 0 aliphatic rings. The molecule has 0 saturated carbocycles. The number of rotatable bonds is 5. The van der Waals surface area contributed by atoms with Crippen molar-refractivity contribution in [2.45, 2.75) is 6.54 Å². The molecule has 7 heteroatoms. The van der Waals surface area contributed by atoms with Crippen LogP contribution in [-0.2, 0) is 11.3 Å². The first-order chi connectivity index (χ1) is 11.6. The molecule has 1 aromatic heterocycles. The molecule has 5 nitrogen and oxygen atoms in total. The molecular formula is C17H13BrFN3O2. The summed E-state index contributed by atoms with van der Waals surface area (Å²) in [6.45, 7) is 0.0549. The minimum atomic E-state index is -0.331. The van der Waals surface area contributed by atoms with E-state index >= 15 is 0 Å². The molecule has 3 aromatic rings. The Morgan fingerprint density at radius 2 is 2.00 bits per heavy atom. The lowest BCUT2D eigenvalue weighted by Crippen LogP contribution is -2.18. The van der Waals surface area contributed by atoms with Gasteiger partial charge < -0.3 is 10.1 Å². The molecule has 0 fully saturated rings. The fourth-order valence-electron chi connectivity index (χ4n) is 2.04. The molecule has 24 heavy (non-hydrogen) atoms.